The summed E-state index contributed by atoms with van der Waals surface area (Å²) >= 11 is 0. The molecule has 0 aliphatic rings. The molecule has 0 saturated carbocycles. The average molecular weight is 406 g/mol. The normalized spacial score (nSPS) is 10.4. The highest BCUT2D eigenvalue weighted by molar-refractivity contribution is 6.16. The van der Waals surface area contributed by atoms with Gasteiger partial charge in [0.25, 0.3) is 0 Å². The zero-order valence-corrected chi connectivity index (χ0v) is 15.2. The van der Waals surface area contributed by atoms with Crippen LogP contribution in [-0.4, -0.2) is 44.3 Å². The highest BCUT2D eigenvalue weighted by Crippen LogP contribution is 2.33. The van der Waals surface area contributed by atoms with Crippen LogP contribution in [0.2, 0.25) is 0 Å². The Morgan fingerprint density at radius 2 is 0.967 bits per heavy atom. The molecule has 0 unspecified atom stereocenters. The second kappa shape index (κ2) is 7.88. The van der Waals surface area contributed by atoms with Gasteiger partial charge in [-0.3, -0.25) is 0 Å². The average Bonchev–Trinajstić information content (AvgIpc) is 2.72. The minimum atomic E-state index is -1.85. The maximum atomic E-state index is 11.9. The molecule has 4 N–H and O–H groups in total. The van der Waals surface area contributed by atoms with E-state index in [2.05, 4.69) is 0 Å². The van der Waals surface area contributed by atoms with E-state index in [1.165, 1.54) is 12.1 Å². The molecule has 0 heterocycles. The summed E-state index contributed by atoms with van der Waals surface area (Å²) in [5.74, 6) is -7.07. The minimum Gasteiger partial charge on any atom is -0.478 e. The molecule has 30 heavy (non-hydrogen) atoms. The molecule has 3 aromatic rings. The lowest BCUT2D eigenvalue weighted by molar-refractivity contribution is 0.0620. The summed E-state index contributed by atoms with van der Waals surface area (Å²) in [7, 11) is 0. The number of aromatic carboxylic acids is 4. The van der Waals surface area contributed by atoms with Gasteiger partial charge >= 0.3 is 23.9 Å². The van der Waals surface area contributed by atoms with Gasteiger partial charge in [0.2, 0.25) is 0 Å². The minimum absolute atomic E-state index is 0.207. The molecule has 150 valence electrons. The number of hydrogen-bond donors (Lipinski definition) is 4. The maximum absolute atomic E-state index is 11.9. The maximum Gasteiger partial charge on any atom is 0.337 e. The molecule has 0 atom stereocenters. The van der Waals surface area contributed by atoms with Crippen LogP contribution in [0, 0.1) is 0 Å². The van der Waals surface area contributed by atoms with Crippen molar-refractivity contribution in [2.24, 2.45) is 0 Å². The summed E-state index contributed by atoms with van der Waals surface area (Å²) in [6, 6.07) is 16.5. The van der Waals surface area contributed by atoms with Crippen LogP contribution in [0.3, 0.4) is 0 Å². The molecular formula is C22H14O8. The highest BCUT2D eigenvalue weighted by Gasteiger charge is 2.32. The van der Waals surface area contributed by atoms with Crippen LogP contribution in [-0.2, 0) is 0 Å². The molecular weight excluding hydrogens is 392 g/mol. The van der Waals surface area contributed by atoms with E-state index in [0.717, 1.165) is 17.2 Å². The van der Waals surface area contributed by atoms with Crippen molar-refractivity contribution in [3.63, 3.8) is 0 Å². The van der Waals surface area contributed by atoms with Gasteiger partial charge in [0.1, 0.15) is 0 Å². The summed E-state index contributed by atoms with van der Waals surface area (Å²) in [6.45, 7) is 0. The lowest BCUT2D eigenvalue weighted by atomic mass is 9.87. The Morgan fingerprint density at radius 1 is 0.500 bits per heavy atom. The predicted molar refractivity (Wildman–Crippen MR) is 105 cm³/mol. The number of benzene rings is 3. The quantitative estimate of drug-likeness (QED) is 0.483. The van der Waals surface area contributed by atoms with Gasteiger partial charge in [-0.25, -0.2) is 19.2 Å². The van der Waals surface area contributed by atoms with E-state index in [1.807, 2.05) is 30.3 Å². The third kappa shape index (κ3) is 3.61. The molecule has 0 spiro atoms. The van der Waals surface area contributed by atoms with Crippen molar-refractivity contribution in [3.05, 3.63) is 82.9 Å². The first kappa shape index (κ1) is 20.3. The standard InChI is InChI=1S/C22H14O8/c23-19(24)15-10-14(16(20(25)26)18(22(29)30)17(15)21(27)28)13-8-6-12(7-9-13)11-4-2-1-3-5-11/h1-10H,(H,23,24)(H,25,26)(H,27,28)(H,29,30). The fourth-order valence-electron chi connectivity index (χ4n) is 3.21. The van der Waals surface area contributed by atoms with E-state index in [-0.39, 0.29) is 11.1 Å². The van der Waals surface area contributed by atoms with Crippen molar-refractivity contribution in [1.82, 2.24) is 0 Å². The van der Waals surface area contributed by atoms with E-state index in [1.54, 1.807) is 12.1 Å². The van der Waals surface area contributed by atoms with Gasteiger partial charge < -0.3 is 20.4 Å². The predicted octanol–water partition coefficient (Wildman–Crippen LogP) is 3.81. The third-order valence-electron chi connectivity index (χ3n) is 4.50. The first-order valence-electron chi connectivity index (χ1n) is 8.52. The van der Waals surface area contributed by atoms with E-state index in [0.29, 0.717) is 0 Å². The van der Waals surface area contributed by atoms with E-state index in [4.69, 9.17) is 0 Å². The summed E-state index contributed by atoms with van der Waals surface area (Å²) in [4.78, 5) is 46.7. The Labute approximate surface area is 169 Å². The Balaban J connectivity index is 2.31. The molecule has 3 rings (SSSR count). The second-order valence-corrected chi connectivity index (χ2v) is 6.26. The molecule has 0 fully saturated rings. The summed E-state index contributed by atoms with van der Waals surface area (Å²) in [5.41, 5.74) is -2.06. The third-order valence-corrected chi connectivity index (χ3v) is 4.50. The van der Waals surface area contributed by atoms with Crippen molar-refractivity contribution >= 4 is 23.9 Å². The molecule has 0 aliphatic carbocycles. The van der Waals surface area contributed by atoms with E-state index < -0.39 is 46.1 Å². The molecule has 8 heteroatoms. The number of hydrogen-bond acceptors (Lipinski definition) is 4. The second-order valence-electron chi connectivity index (χ2n) is 6.26. The zero-order valence-electron chi connectivity index (χ0n) is 15.2. The smallest absolute Gasteiger partial charge is 0.337 e. The van der Waals surface area contributed by atoms with Crippen molar-refractivity contribution in [1.29, 1.82) is 0 Å². The lowest BCUT2D eigenvalue weighted by Crippen LogP contribution is -2.20. The van der Waals surface area contributed by atoms with Crippen LogP contribution in [0.15, 0.2) is 60.7 Å². The monoisotopic (exact) mass is 406 g/mol. The Bertz CT molecular complexity index is 1180. The lowest BCUT2D eigenvalue weighted by Gasteiger charge is -2.15. The van der Waals surface area contributed by atoms with Gasteiger partial charge in [0.15, 0.2) is 0 Å². The fourth-order valence-corrected chi connectivity index (χ4v) is 3.21. The largest absolute Gasteiger partial charge is 0.478 e. The summed E-state index contributed by atoms with van der Waals surface area (Å²) < 4.78 is 0. The first-order chi connectivity index (χ1) is 14.2. The van der Waals surface area contributed by atoms with Crippen LogP contribution >= 0.6 is 0 Å². The summed E-state index contributed by atoms with van der Waals surface area (Å²) in [6.07, 6.45) is 0. The van der Waals surface area contributed by atoms with Crippen molar-refractivity contribution in [3.8, 4) is 22.3 Å². The number of carboxylic acid groups (broad SMARTS) is 4. The van der Waals surface area contributed by atoms with Gasteiger partial charge in [0.05, 0.1) is 22.3 Å². The van der Waals surface area contributed by atoms with Crippen molar-refractivity contribution in [2.45, 2.75) is 0 Å². The van der Waals surface area contributed by atoms with Crippen LogP contribution < -0.4 is 0 Å². The van der Waals surface area contributed by atoms with Crippen molar-refractivity contribution < 1.29 is 39.6 Å². The molecule has 0 bridgehead atoms. The van der Waals surface area contributed by atoms with Gasteiger partial charge in [-0.15, -0.1) is 0 Å². The molecule has 0 aromatic heterocycles. The summed E-state index contributed by atoms with van der Waals surface area (Å²) in [5, 5.41) is 37.9. The SMILES string of the molecule is O=C(O)c1cc(-c2ccc(-c3ccccc3)cc2)c(C(=O)O)c(C(=O)O)c1C(=O)O. The van der Waals surface area contributed by atoms with Crippen LogP contribution in [0.5, 0.6) is 0 Å². The molecule has 0 amide bonds. The number of carbonyl (C=O) groups is 4. The van der Waals surface area contributed by atoms with Crippen LogP contribution in [0.1, 0.15) is 41.4 Å². The number of rotatable bonds is 6. The van der Waals surface area contributed by atoms with Gasteiger partial charge in [-0.05, 0) is 28.3 Å². The van der Waals surface area contributed by atoms with Gasteiger partial charge in [-0.2, -0.15) is 0 Å². The molecule has 8 nitrogen and oxygen atoms in total. The Hall–Kier alpha value is -4.46. The zero-order chi connectivity index (χ0) is 22.0. The van der Waals surface area contributed by atoms with Gasteiger partial charge in [0, 0.05) is 0 Å². The van der Waals surface area contributed by atoms with E-state index >= 15 is 0 Å². The molecule has 0 radical (unpaired) electrons. The van der Waals surface area contributed by atoms with Crippen LogP contribution in [0.4, 0.5) is 0 Å². The molecule has 3 aromatic carbocycles. The van der Waals surface area contributed by atoms with Crippen molar-refractivity contribution in [2.75, 3.05) is 0 Å². The highest BCUT2D eigenvalue weighted by atomic mass is 16.4. The molecule has 0 aliphatic heterocycles. The Morgan fingerprint density at radius 3 is 1.43 bits per heavy atom. The topological polar surface area (TPSA) is 149 Å². The molecule has 0 saturated heterocycles. The van der Waals surface area contributed by atoms with Gasteiger partial charge in [-0.1, -0.05) is 54.6 Å². The number of carboxylic acids is 4. The Kier molecular flexibility index (Phi) is 5.33. The van der Waals surface area contributed by atoms with E-state index in [9.17, 15) is 39.6 Å². The van der Waals surface area contributed by atoms with Crippen LogP contribution in [0.25, 0.3) is 22.3 Å². The first-order valence-corrected chi connectivity index (χ1v) is 8.52. The fraction of sp³-hybridized carbons (Fsp3) is 0.